The van der Waals surface area contributed by atoms with Crippen LogP contribution >= 0.6 is 17.0 Å². The number of halogens is 1. The van der Waals surface area contributed by atoms with Crippen LogP contribution in [0, 0.1) is 5.41 Å². The minimum absolute atomic E-state index is 0. The van der Waals surface area contributed by atoms with Crippen molar-refractivity contribution in [2.75, 3.05) is 19.8 Å². The summed E-state index contributed by atoms with van der Waals surface area (Å²) in [5.74, 6) is 0.693. The minimum atomic E-state index is -0.859. The quantitative estimate of drug-likeness (QED) is 0.360. The number of phenolic OH excluding ortho intramolecular Hbond substituents is 1. The predicted molar refractivity (Wildman–Crippen MR) is 150 cm³/mol. The first kappa shape index (κ1) is 29.5. The van der Waals surface area contributed by atoms with E-state index in [9.17, 15) is 14.7 Å². The Hall–Kier alpha value is -3.07. The van der Waals surface area contributed by atoms with Crippen LogP contribution in [-0.4, -0.2) is 53.5 Å². The molecule has 2 aliphatic rings. The summed E-state index contributed by atoms with van der Waals surface area (Å²) < 4.78 is 16.6. The highest BCUT2D eigenvalue weighted by atomic mass is 79.9. The molecule has 9 heteroatoms. The van der Waals surface area contributed by atoms with Crippen molar-refractivity contribution in [3.8, 4) is 17.2 Å². The average Bonchev–Trinajstić information content (AvgIpc) is 3.10. The molecule has 2 N–H and O–H groups in total. The van der Waals surface area contributed by atoms with E-state index in [1.165, 1.54) is 0 Å². The Balaban J connectivity index is 0.00000400. The molecule has 0 aromatic heterocycles. The highest BCUT2D eigenvalue weighted by Crippen LogP contribution is 2.41. The highest BCUT2D eigenvalue weighted by molar-refractivity contribution is 8.93. The standard InChI is InChI=1S/C29H36N2O6.BrH/c1-8-35-27(34)24-15-36-22-11-17-13-31(26(30)18(17)12-23(22)37-24)14-21(32)16-9-19(28(2,3)4)25(33)20(10-16)29(5,6)7;/h9-12,24,30,33H,8,13-15H2,1-7H3;1H. The van der Waals surface area contributed by atoms with Gasteiger partial charge in [-0.3, -0.25) is 10.2 Å². The number of ketones is 1. The number of carbonyl (C=O) groups excluding carboxylic acids is 2. The van der Waals surface area contributed by atoms with Crippen molar-refractivity contribution in [3.05, 3.63) is 52.1 Å². The first-order valence-corrected chi connectivity index (χ1v) is 12.6. The van der Waals surface area contributed by atoms with E-state index < -0.39 is 12.1 Å². The number of ether oxygens (including phenoxy) is 3. The third-order valence-corrected chi connectivity index (χ3v) is 6.69. The Morgan fingerprint density at radius 2 is 1.66 bits per heavy atom. The van der Waals surface area contributed by atoms with Crippen molar-refractivity contribution in [1.29, 1.82) is 5.41 Å². The van der Waals surface area contributed by atoms with Crippen molar-refractivity contribution in [1.82, 2.24) is 4.90 Å². The average molecular weight is 590 g/mol. The molecule has 2 aromatic rings. The molecule has 0 saturated carbocycles. The van der Waals surface area contributed by atoms with Gasteiger partial charge in [0.25, 0.3) is 0 Å². The molecule has 1 atom stereocenters. The number of phenols is 1. The van der Waals surface area contributed by atoms with Crippen LogP contribution in [0.2, 0.25) is 0 Å². The van der Waals surface area contributed by atoms with Gasteiger partial charge in [0, 0.05) is 28.8 Å². The van der Waals surface area contributed by atoms with Gasteiger partial charge >= 0.3 is 5.97 Å². The Morgan fingerprint density at radius 1 is 1.05 bits per heavy atom. The molecule has 38 heavy (non-hydrogen) atoms. The molecule has 0 aliphatic carbocycles. The lowest BCUT2D eigenvalue weighted by atomic mass is 9.78. The van der Waals surface area contributed by atoms with Gasteiger partial charge in [0.15, 0.2) is 17.3 Å². The van der Waals surface area contributed by atoms with Crippen LogP contribution in [0.15, 0.2) is 24.3 Å². The van der Waals surface area contributed by atoms with E-state index in [1.807, 2.05) is 41.5 Å². The van der Waals surface area contributed by atoms with Crippen LogP contribution in [0.5, 0.6) is 17.2 Å². The molecule has 206 valence electrons. The summed E-state index contributed by atoms with van der Waals surface area (Å²) in [6.07, 6.45) is -0.859. The summed E-state index contributed by atoms with van der Waals surface area (Å²) in [6.45, 7) is 14.5. The van der Waals surface area contributed by atoms with Gasteiger partial charge in [0.2, 0.25) is 6.10 Å². The molecule has 0 amide bonds. The van der Waals surface area contributed by atoms with E-state index >= 15 is 0 Å². The van der Waals surface area contributed by atoms with Crippen LogP contribution in [-0.2, 0) is 26.9 Å². The number of Topliss-reactive ketones (excluding diaryl/α,β-unsaturated/α-hetero) is 1. The molecule has 0 saturated heterocycles. The second kappa shape index (κ2) is 10.6. The number of amidine groups is 1. The topological polar surface area (TPSA) is 109 Å². The second-order valence-electron chi connectivity index (χ2n) is 11.7. The maximum atomic E-state index is 13.5. The van der Waals surface area contributed by atoms with Crippen LogP contribution in [0.4, 0.5) is 0 Å². The summed E-state index contributed by atoms with van der Waals surface area (Å²) >= 11 is 0. The van der Waals surface area contributed by atoms with Gasteiger partial charge in [-0.25, -0.2) is 4.79 Å². The number of nitrogens with zero attached hydrogens (tertiary/aromatic N) is 1. The highest BCUT2D eigenvalue weighted by Gasteiger charge is 2.34. The van der Waals surface area contributed by atoms with Gasteiger partial charge in [-0.05, 0) is 47.6 Å². The van der Waals surface area contributed by atoms with E-state index in [4.69, 9.17) is 19.6 Å². The van der Waals surface area contributed by atoms with Crippen LogP contribution in [0.1, 0.15) is 81.1 Å². The maximum Gasteiger partial charge on any atom is 0.350 e. The van der Waals surface area contributed by atoms with Gasteiger partial charge in [0.05, 0.1) is 13.2 Å². The number of aromatic hydroxyl groups is 1. The molecule has 0 fully saturated rings. The van der Waals surface area contributed by atoms with Crippen LogP contribution < -0.4 is 9.47 Å². The zero-order valence-electron chi connectivity index (χ0n) is 23.1. The fraction of sp³-hybridized carbons (Fsp3) is 0.483. The number of benzene rings is 2. The van der Waals surface area contributed by atoms with Crippen LogP contribution in [0.3, 0.4) is 0 Å². The number of rotatable bonds is 5. The van der Waals surface area contributed by atoms with Crippen molar-refractivity contribution in [3.63, 3.8) is 0 Å². The van der Waals surface area contributed by atoms with Gasteiger partial charge in [-0.2, -0.15) is 0 Å². The molecule has 4 rings (SSSR count). The Kier molecular flexibility index (Phi) is 8.22. The number of fused-ring (bicyclic) bond motifs is 2. The number of carbonyl (C=O) groups is 2. The third kappa shape index (κ3) is 5.67. The van der Waals surface area contributed by atoms with Crippen LogP contribution in [0.25, 0.3) is 0 Å². The van der Waals surface area contributed by atoms with E-state index in [1.54, 1.807) is 36.1 Å². The molecule has 0 spiro atoms. The fourth-order valence-corrected chi connectivity index (χ4v) is 4.66. The summed E-state index contributed by atoms with van der Waals surface area (Å²) in [6, 6.07) is 7.05. The van der Waals surface area contributed by atoms with Crippen molar-refractivity contribution in [2.24, 2.45) is 0 Å². The zero-order valence-corrected chi connectivity index (χ0v) is 24.8. The first-order valence-electron chi connectivity index (χ1n) is 12.6. The van der Waals surface area contributed by atoms with Gasteiger partial charge in [-0.15, -0.1) is 17.0 Å². The lowest BCUT2D eigenvalue weighted by Crippen LogP contribution is -2.38. The summed E-state index contributed by atoms with van der Waals surface area (Å²) in [5.41, 5.74) is 2.75. The van der Waals surface area contributed by atoms with E-state index in [-0.39, 0.29) is 64.9 Å². The molecular weight excluding hydrogens is 552 g/mol. The van der Waals surface area contributed by atoms with E-state index in [0.717, 1.165) is 16.7 Å². The Bertz CT molecular complexity index is 1240. The lowest BCUT2D eigenvalue weighted by molar-refractivity contribution is -0.153. The smallest absolute Gasteiger partial charge is 0.350 e. The Labute approximate surface area is 234 Å². The fourth-order valence-electron chi connectivity index (χ4n) is 4.66. The number of hydrogen-bond acceptors (Lipinski definition) is 7. The molecule has 0 bridgehead atoms. The molecule has 8 nitrogen and oxygen atoms in total. The summed E-state index contributed by atoms with van der Waals surface area (Å²) in [7, 11) is 0. The largest absolute Gasteiger partial charge is 0.507 e. The summed E-state index contributed by atoms with van der Waals surface area (Å²) in [5, 5.41) is 19.7. The predicted octanol–water partition coefficient (Wildman–Crippen LogP) is 5.29. The minimum Gasteiger partial charge on any atom is -0.507 e. The molecule has 1 unspecified atom stereocenters. The van der Waals surface area contributed by atoms with Crippen molar-refractivity contribution in [2.45, 2.75) is 71.9 Å². The third-order valence-electron chi connectivity index (χ3n) is 6.69. The van der Waals surface area contributed by atoms with E-state index in [0.29, 0.717) is 29.2 Å². The van der Waals surface area contributed by atoms with Crippen molar-refractivity contribution >= 4 is 34.6 Å². The molecule has 2 aromatic carbocycles. The van der Waals surface area contributed by atoms with Gasteiger partial charge in [0.1, 0.15) is 18.2 Å². The molecular formula is C29H37BrN2O6. The SMILES string of the molecule is Br.CCOC(=O)C1COc2cc3c(cc2O1)C(=N)N(CC(=O)c1cc(C(C)(C)C)c(O)c(C(C)(C)C)c1)C3. The molecule has 0 radical (unpaired) electrons. The molecule has 2 aliphatic heterocycles. The lowest BCUT2D eigenvalue weighted by Gasteiger charge is -2.28. The molecule has 2 heterocycles. The maximum absolute atomic E-state index is 13.5. The zero-order chi connectivity index (χ0) is 27.3. The van der Waals surface area contributed by atoms with Crippen molar-refractivity contribution < 1.29 is 28.9 Å². The summed E-state index contributed by atoms with van der Waals surface area (Å²) in [4.78, 5) is 27.3. The second-order valence-corrected chi connectivity index (χ2v) is 11.7. The number of nitrogens with one attached hydrogen (secondary N) is 1. The number of esters is 1. The first-order chi connectivity index (χ1) is 17.2. The monoisotopic (exact) mass is 588 g/mol. The number of hydrogen-bond donors (Lipinski definition) is 2. The normalized spacial score (nSPS) is 16.6. The van der Waals surface area contributed by atoms with E-state index in [2.05, 4.69) is 0 Å². The van der Waals surface area contributed by atoms with Gasteiger partial charge < -0.3 is 24.2 Å². The Morgan fingerprint density at radius 3 is 2.21 bits per heavy atom. The van der Waals surface area contributed by atoms with Gasteiger partial charge in [-0.1, -0.05) is 41.5 Å².